The van der Waals surface area contributed by atoms with Gasteiger partial charge in [-0.15, -0.1) is 0 Å². The first-order valence-electron chi connectivity index (χ1n) is 12.4. The van der Waals surface area contributed by atoms with Gasteiger partial charge in [0.05, 0.1) is 17.8 Å². The highest BCUT2D eigenvalue weighted by molar-refractivity contribution is 5.94. The van der Waals surface area contributed by atoms with Crippen molar-refractivity contribution in [3.8, 4) is 11.1 Å². The molecule has 9 heteroatoms. The minimum atomic E-state index is -0.764. The molecule has 0 spiro atoms. The van der Waals surface area contributed by atoms with Gasteiger partial charge >= 0.3 is 0 Å². The molecule has 5 aromatic rings. The van der Waals surface area contributed by atoms with Crippen molar-refractivity contribution in [1.82, 2.24) is 9.55 Å². The van der Waals surface area contributed by atoms with Crippen molar-refractivity contribution in [2.24, 2.45) is 5.73 Å². The highest BCUT2D eigenvalue weighted by Crippen LogP contribution is 2.33. The lowest BCUT2D eigenvalue weighted by atomic mass is 9.86. The monoisotopic (exact) mass is 545 g/mol. The van der Waals surface area contributed by atoms with Gasteiger partial charge in [0, 0.05) is 53.4 Å². The molecule has 40 heavy (non-hydrogen) atoms. The summed E-state index contributed by atoms with van der Waals surface area (Å²) in [7, 11) is 0. The summed E-state index contributed by atoms with van der Waals surface area (Å²) in [6, 6.07) is 16.6. The van der Waals surface area contributed by atoms with Crippen molar-refractivity contribution in [1.29, 1.82) is 0 Å². The minimum absolute atomic E-state index is 0.0790. The van der Waals surface area contributed by atoms with Crippen LogP contribution in [0.4, 0.5) is 17.6 Å². The SMILES string of the molecule is NC(=O)c1cccc(-c2cccnc2[C@@H](CC(=O)Cn2ccc3c(F)cc(F)cc32)Cc2cc(F)cc(F)c2)c1. The summed E-state index contributed by atoms with van der Waals surface area (Å²) in [5, 5.41) is 0.183. The Morgan fingerprint density at radius 2 is 1.62 bits per heavy atom. The Balaban J connectivity index is 1.52. The van der Waals surface area contributed by atoms with E-state index in [1.54, 1.807) is 42.6 Å². The molecule has 2 aromatic heterocycles. The van der Waals surface area contributed by atoms with E-state index in [1.165, 1.54) is 29.0 Å². The molecule has 0 fully saturated rings. The third kappa shape index (κ3) is 5.78. The number of Topliss-reactive ketones (excluding diaryl/α,β-unsaturated/α-hetero) is 1. The Morgan fingerprint density at radius 1 is 0.875 bits per heavy atom. The third-order valence-corrected chi connectivity index (χ3v) is 6.71. The zero-order valence-electron chi connectivity index (χ0n) is 21.1. The molecule has 1 atom stereocenters. The Kier molecular flexibility index (Phi) is 7.46. The van der Waals surface area contributed by atoms with Crippen LogP contribution in [-0.4, -0.2) is 21.2 Å². The molecule has 5 rings (SSSR count). The number of nitrogens with zero attached hydrogens (tertiary/aromatic N) is 2. The van der Waals surface area contributed by atoms with Gasteiger partial charge in [0.25, 0.3) is 0 Å². The van der Waals surface area contributed by atoms with Crippen molar-refractivity contribution in [3.05, 3.63) is 125 Å². The molecule has 0 bridgehead atoms. The summed E-state index contributed by atoms with van der Waals surface area (Å²) < 4.78 is 57.6. The van der Waals surface area contributed by atoms with Crippen molar-refractivity contribution >= 4 is 22.6 Å². The maximum atomic E-state index is 14.2. The zero-order valence-corrected chi connectivity index (χ0v) is 21.1. The molecule has 0 aliphatic carbocycles. The fourth-order valence-electron chi connectivity index (χ4n) is 4.99. The number of rotatable bonds is 9. The van der Waals surface area contributed by atoms with E-state index in [4.69, 9.17) is 5.73 Å². The van der Waals surface area contributed by atoms with E-state index in [0.717, 1.165) is 18.2 Å². The number of aromatic nitrogens is 2. The molecule has 0 saturated heterocycles. The molecule has 5 nitrogen and oxygen atoms in total. The van der Waals surface area contributed by atoms with Gasteiger partial charge < -0.3 is 10.3 Å². The van der Waals surface area contributed by atoms with Crippen LogP contribution in [0.5, 0.6) is 0 Å². The van der Waals surface area contributed by atoms with E-state index in [1.807, 2.05) is 0 Å². The number of hydrogen-bond acceptors (Lipinski definition) is 3. The van der Waals surface area contributed by atoms with Gasteiger partial charge in [-0.25, -0.2) is 17.6 Å². The lowest BCUT2D eigenvalue weighted by molar-refractivity contribution is -0.120. The van der Waals surface area contributed by atoms with Crippen LogP contribution in [0.3, 0.4) is 0 Å². The fourth-order valence-corrected chi connectivity index (χ4v) is 4.99. The standard InChI is InChI=1S/C31H23F4N3O2/c32-22-10-18(11-23(33)14-22)9-21(13-25(39)17-38-8-6-27-28(35)15-24(34)16-29(27)38)30-26(5-2-7-37-30)19-3-1-4-20(12-19)31(36)40/h1-8,10-12,14-16,21H,9,13,17H2,(H2,36,40)/t21-/m1/s1. The quantitative estimate of drug-likeness (QED) is 0.220. The maximum Gasteiger partial charge on any atom is 0.248 e. The van der Waals surface area contributed by atoms with E-state index < -0.39 is 35.1 Å². The number of amides is 1. The third-order valence-electron chi connectivity index (χ3n) is 6.71. The number of benzene rings is 3. The summed E-state index contributed by atoms with van der Waals surface area (Å²) >= 11 is 0. The number of hydrogen-bond donors (Lipinski definition) is 1. The second-order valence-electron chi connectivity index (χ2n) is 9.57. The number of carbonyl (C=O) groups is 2. The summed E-state index contributed by atoms with van der Waals surface area (Å²) in [4.78, 5) is 29.7. The molecule has 2 N–H and O–H groups in total. The average Bonchev–Trinajstić information content (AvgIpc) is 3.30. The summed E-state index contributed by atoms with van der Waals surface area (Å²) in [6.07, 6.45) is 3.04. The first kappa shape index (κ1) is 26.8. The minimum Gasteiger partial charge on any atom is -0.366 e. The van der Waals surface area contributed by atoms with Crippen LogP contribution >= 0.6 is 0 Å². The molecule has 2 heterocycles. The maximum absolute atomic E-state index is 14.2. The molecule has 0 aliphatic heterocycles. The van der Waals surface area contributed by atoms with E-state index in [0.29, 0.717) is 22.4 Å². The largest absolute Gasteiger partial charge is 0.366 e. The van der Waals surface area contributed by atoms with Crippen LogP contribution < -0.4 is 5.73 Å². The molecule has 202 valence electrons. The predicted octanol–water partition coefficient (Wildman–Crippen LogP) is 6.34. The number of nitrogens with two attached hydrogens (primary N) is 1. The van der Waals surface area contributed by atoms with Crippen LogP contribution in [0.15, 0.2) is 85.2 Å². The average molecular weight is 546 g/mol. The van der Waals surface area contributed by atoms with Crippen LogP contribution in [0.25, 0.3) is 22.0 Å². The molecule has 0 aliphatic rings. The number of pyridine rings is 1. The Morgan fingerprint density at radius 3 is 2.38 bits per heavy atom. The highest BCUT2D eigenvalue weighted by atomic mass is 19.1. The second-order valence-corrected chi connectivity index (χ2v) is 9.57. The number of carbonyl (C=O) groups excluding carboxylic acids is 2. The molecule has 3 aromatic carbocycles. The Labute approximate surface area is 226 Å². The van der Waals surface area contributed by atoms with Gasteiger partial charge in [0.15, 0.2) is 5.78 Å². The number of ketones is 1. The van der Waals surface area contributed by atoms with Gasteiger partial charge in [-0.1, -0.05) is 18.2 Å². The smallest absolute Gasteiger partial charge is 0.248 e. The van der Waals surface area contributed by atoms with E-state index in [-0.39, 0.29) is 41.6 Å². The summed E-state index contributed by atoms with van der Waals surface area (Å²) in [5.41, 5.74) is 8.03. The van der Waals surface area contributed by atoms with Crippen molar-refractivity contribution < 1.29 is 27.2 Å². The van der Waals surface area contributed by atoms with Crippen LogP contribution in [0.2, 0.25) is 0 Å². The van der Waals surface area contributed by atoms with Crippen molar-refractivity contribution in [2.75, 3.05) is 0 Å². The van der Waals surface area contributed by atoms with Gasteiger partial charge in [0.1, 0.15) is 23.3 Å². The van der Waals surface area contributed by atoms with E-state index in [2.05, 4.69) is 4.98 Å². The van der Waals surface area contributed by atoms with Crippen molar-refractivity contribution in [2.45, 2.75) is 25.3 Å². The van der Waals surface area contributed by atoms with Gasteiger partial charge in [-0.3, -0.25) is 14.6 Å². The van der Waals surface area contributed by atoms with Crippen molar-refractivity contribution in [3.63, 3.8) is 0 Å². The molecule has 1 amide bonds. The Hall–Kier alpha value is -4.79. The lowest BCUT2D eigenvalue weighted by Gasteiger charge is -2.20. The van der Waals surface area contributed by atoms with Crippen LogP contribution in [-0.2, 0) is 17.8 Å². The fraction of sp³-hybridized carbons (Fsp3) is 0.129. The topological polar surface area (TPSA) is 78.0 Å². The van der Waals surface area contributed by atoms with E-state index >= 15 is 0 Å². The number of fused-ring (bicyclic) bond motifs is 1. The van der Waals surface area contributed by atoms with Gasteiger partial charge in [0.2, 0.25) is 5.91 Å². The van der Waals surface area contributed by atoms with Gasteiger partial charge in [-0.2, -0.15) is 0 Å². The Bertz CT molecular complexity index is 1730. The molecular formula is C31H23F4N3O2. The predicted molar refractivity (Wildman–Crippen MR) is 142 cm³/mol. The molecule has 0 unspecified atom stereocenters. The normalized spacial score (nSPS) is 12.0. The number of halogens is 4. The number of primary amides is 1. The summed E-state index contributed by atoms with van der Waals surface area (Å²) in [5.74, 6) is -4.52. The first-order chi connectivity index (χ1) is 19.2. The zero-order chi connectivity index (χ0) is 28.4. The molecule has 0 saturated carbocycles. The van der Waals surface area contributed by atoms with E-state index in [9.17, 15) is 27.2 Å². The van der Waals surface area contributed by atoms with Crippen LogP contribution in [0.1, 0.15) is 34.0 Å². The van der Waals surface area contributed by atoms with Crippen LogP contribution in [0, 0.1) is 23.3 Å². The molecule has 0 radical (unpaired) electrons. The first-order valence-corrected chi connectivity index (χ1v) is 12.4. The molecular weight excluding hydrogens is 522 g/mol. The lowest BCUT2D eigenvalue weighted by Crippen LogP contribution is -2.17. The second kappa shape index (κ2) is 11.1. The summed E-state index contributed by atoms with van der Waals surface area (Å²) in [6.45, 7) is -0.181. The van der Waals surface area contributed by atoms with Gasteiger partial charge in [-0.05, 0) is 60.0 Å². The highest BCUT2D eigenvalue weighted by Gasteiger charge is 2.23.